The van der Waals surface area contributed by atoms with Gasteiger partial charge < -0.3 is 14.6 Å². The molecule has 0 aliphatic carbocycles. The summed E-state index contributed by atoms with van der Waals surface area (Å²) in [4.78, 5) is 0. The number of allylic oxidation sites excluding steroid dienone is 5. The van der Waals surface area contributed by atoms with E-state index in [0.29, 0.717) is 6.61 Å². The molecule has 3 heteroatoms. The molecule has 1 fully saturated rings. The molecule has 1 aliphatic rings. The lowest BCUT2D eigenvalue weighted by molar-refractivity contribution is -0.155. The van der Waals surface area contributed by atoms with Crippen LogP contribution in [-0.2, 0) is 9.47 Å². The first kappa shape index (κ1) is 18.1. The molecule has 0 aromatic rings. The summed E-state index contributed by atoms with van der Waals surface area (Å²) >= 11 is 0. The zero-order chi connectivity index (χ0) is 15.8. The molecule has 3 nitrogen and oxygen atoms in total. The lowest BCUT2D eigenvalue weighted by Gasteiger charge is -2.36. The molecular formula is C18H30O3. The highest BCUT2D eigenvalue weighted by atomic mass is 16.5. The maximum Gasteiger partial charge on any atom is 0.110 e. The number of aliphatic hydroxyl groups is 1. The average Bonchev–Trinajstić information content (AvgIpc) is 2.41. The predicted molar refractivity (Wildman–Crippen MR) is 87.3 cm³/mol. The molecule has 0 bridgehead atoms. The summed E-state index contributed by atoms with van der Waals surface area (Å²) in [5.74, 6) is 0.219. The van der Waals surface area contributed by atoms with Gasteiger partial charge in [0.1, 0.15) is 12.2 Å². The SMILES string of the molecule is CO[C@@H]1[C@@H](O)[C@H](C=CC=C(C)CCC=C(C)C)OC[C@@H]1C. The molecular weight excluding hydrogens is 264 g/mol. The fourth-order valence-corrected chi connectivity index (χ4v) is 2.52. The van der Waals surface area contributed by atoms with Gasteiger partial charge in [0.2, 0.25) is 0 Å². The molecule has 21 heavy (non-hydrogen) atoms. The second-order valence-corrected chi connectivity index (χ2v) is 6.18. The number of ether oxygens (including phenoxy) is 2. The van der Waals surface area contributed by atoms with Gasteiger partial charge in [-0.15, -0.1) is 0 Å². The first-order valence-electron chi connectivity index (χ1n) is 7.75. The maximum absolute atomic E-state index is 10.2. The molecule has 1 N–H and O–H groups in total. The van der Waals surface area contributed by atoms with Crippen LogP contribution in [0.1, 0.15) is 40.5 Å². The third-order valence-corrected chi connectivity index (χ3v) is 3.83. The third kappa shape index (κ3) is 6.16. The van der Waals surface area contributed by atoms with Crippen LogP contribution in [0.5, 0.6) is 0 Å². The topological polar surface area (TPSA) is 38.7 Å². The molecule has 1 rings (SSSR count). The van der Waals surface area contributed by atoms with E-state index in [9.17, 15) is 5.11 Å². The Morgan fingerprint density at radius 1 is 1.33 bits per heavy atom. The molecule has 0 amide bonds. The van der Waals surface area contributed by atoms with Gasteiger partial charge in [-0.1, -0.05) is 42.4 Å². The second kappa shape index (κ2) is 9.19. The van der Waals surface area contributed by atoms with Crippen LogP contribution in [0.15, 0.2) is 35.5 Å². The Bertz CT molecular complexity index is 391. The monoisotopic (exact) mass is 294 g/mol. The van der Waals surface area contributed by atoms with Crippen LogP contribution in [0.25, 0.3) is 0 Å². The molecule has 4 atom stereocenters. The first-order chi connectivity index (χ1) is 9.95. The average molecular weight is 294 g/mol. The highest BCUT2D eigenvalue weighted by Crippen LogP contribution is 2.23. The van der Waals surface area contributed by atoms with Gasteiger partial charge in [-0.3, -0.25) is 0 Å². The zero-order valence-electron chi connectivity index (χ0n) is 14.0. The molecule has 120 valence electrons. The zero-order valence-corrected chi connectivity index (χ0v) is 14.0. The summed E-state index contributed by atoms with van der Waals surface area (Å²) in [6.07, 6.45) is 9.33. The number of hydrogen-bond acceptors (Lipinski definition) is 3. The van der Waals surface area contributed by atoms with Crippen molar-refractivity contribution in [3.05, 3.63) is 35.5 Å². The van der Waals surface area contributed by atoms with E-state index in [1.165, 1.54) is 11.1 Å². The Labute approximate surface area is 129 Å². The van der Waals surface area contributed by atoms with Gasteiger partial charge in [-0.25, -0.2) is 0 Å². The second-order valence-electron chi connectivity index (χ2n) is 6.18. The van der Waals surface area contributed by atoms with Crippen molar-refractivity contribution in [2.45, 2.75) is 58.8 Å². The highest BCUT2D eigenvalue weighted by Gasteiger charge is 2.35. The molecule has 1 aliphatic heterocycles. The van der Waals surface area contributed by atoms with Crippen LogP contribution in [-0.4, -0.2) is 37.1 Å². The quantitative estimate of drug-likeness (QED) is 0.600. The highest BCUT2D eigenvalue weighted by molar-refractivity contribution is 5.14. The molecule has 1 saturated heterocycles. The van der Waals surface area contributed by atoms with E-state index in [1.807, 2.05) is 19.1 Å². The van der Waals surface area contributed by atoms with Gasteiger partial charge in [0.05, 0.1) is 12.7 Å². The van der Waals surface area contributed by atoms with E-state index < -0.39 is 6.10 Å². The largest absolute Gasteiger partial charge is 0.387 e. The Morgan fingerprint density at radius 2 is 2.05 bits per heavy atom. The van der Waals surface area contributed by atoms with Crippen molar-refractivity contribution in [2.75, 3.05) is 13.7 Å². The summed E-state index contributed by atoms with van der Waals surface area (Å²) in [5.41, 5.74) is 2.68. The van der Waals surface area contributed by atoms with Crippen molar-refractivity contribution in [1.29, 1.82) is 0 Å². The fourth-order valence-electron chi connectivity index (χ4n) is 2.52. The molecule has 0 unspecified atom stereocenters. The Hall–Kier alpha value is -0.900. The molecule has 1 heterocycles. The lowest BCUT2D eigenvalue weighted by Crippen LogP contribution is -2.49. The lowest BCUT2D eigenvalue weighted by atomic mass is 9.93. The summed E-state index contributed by atoms with van der Waals surface area (Å²) in [7, 11) is 1.64. The van der Waals surface area contributed by atoms with Crippen molar-refractivity contribution >= 4 is 0 Å². The summed E-state index contributed by atoms with van der Waals surface area (Å²) in [6, 6.07) is 0. The number of rotatable bonds is 6. The van der Waals surface area contributed by atoms with E-state index in [1.54, 1.807) is 7.11 Å². The van der Waals surface area contributed by atoms with Gasteiger partial charge in [0.15, 0.2) is 0 Å². The summed E-state index contributed by atoms with van der Waals surface area (Å²) < 4.78 is 11.0. The van der Waals surface area contributed by atoms with E-state index in [-0.39, 0.29) is 18.1 Å². The van der Waals surface area contributed by atoms with Crippen molar-refractivity contribution in [1.82, 2.24) is 0 Å². The van der Waals surface area contributed by atoms with Crippen molar-refractivity contribution in [3.63, 3.8) is 0 Å². The molecule has 0 spiro atoms. The van der Waals surface area contributed by atoms with Gasteiger partial charge >= 0.3 is 0 Å². The number of hydrogen-bond donors (Lipinski definition) is 1. The molecule has 0 aromatic heterocycles. The maximum atomic E-state index is 10.2. The normalized spacial score (nSPS) is 30.7. The third-order valence-electron chi connectivity index (χ3n) is 3.83. The van der Waals surface area contributed by atoms with Crippen LogP contribution in [0.3, 0.4) is 0 Å². The molecule has 0 radical (unpaired) electrons. The van der Waals surface area contributed by atoms with Crippen LogP contribution >= 0.6 is 0 Å². The van der Waals surface area contributed by atoms with E-state index in [0.717, 1.165) is 12.8 Å². The molecule has 0 aromatic carbocycles. The minimum atomic E-state index is -0.602. The van der Waals surface area contributed by atoms with E-state index >= 15 is 0 Å². The van der Waals surface area contributed by atoms with Crippen LogP contribution in [0.4, 0.5) is 0 Å². The smallest absolute Gasteiger partial charge is 0.110 e. The Kier molecular flexibility index (Phi) is 7.94. The van der Waals surface area contributed by atoms with Gasteiger partial charge in [-0.05, 0) is 33.6 Å². The van der Waals surface area contributed by atoms with E-state index in [2.05, 4.69) is 32.9 Å². The summed E-state index contributed by atoms with van der Waals surface area (Å²) in [5, 5.41) is 10.2. The van der Waals surface area contributed by atoms with Crippen LogP contribution < -0.4 is 0 Å². The van der Waals surface area contributed by atoms with Crippen LogP contribution in [0, 0.1) is 5.92 Å². The van der Waals surface area contributed by atoms with E-state index in [4.69, 9.17) is 9.47 Å². The first-order valence-corrected chi connectivity index (χ1v) is 7.75. The van der Waals surface area contributed by atoms with Crippen molar-refractivity contribution in [2.24, 2.45) is 5.92 Å². The molecule has 0 saturated carbocycles. The predicted octanol–water partition coefficient (Wildman–Crippen LogP) is 3.65. The van der Waals surface area contributed by atoms with Crippen molar-refractivity contribution in [3.8, 4) is 0 Å². The standard InChI is InChI=1S/C18H30O3/c1-13(2)8-6-9-14(3)10-7-11-16-17(19)18(20-5)15(4)12-21-16/h7-8,10-11,15-19H,6,9,12H2,1-5H3/t15-,16-,17-,18-/m0/s1. The van der Waals surface area contributed by atoms with Gasteiger partial charge in [-0.2, -0.15) is 0 Å². The van der Waals surface area contributed by atoms with Gasteiger partial charge in [0.25, 0.3) is 0 Å². The summed E-state index contributed by atoms with van der Waals surface area (Å²) in [6.45, 7) is 9.02. The Morgan fingerprint density at radius 3 is 2.67 bits per heavy atom. The number of methoxy groups -OCH3 is 1. The minimum Gasteiger partial charge on any atom is -0.387 e. The minimum absolute atomic E-state index is 0.156. The fraction of sp³-hybridized carbons (Fsp3) is 0.667. The van der Waals surface area contributed by atoms with Crippen LogP contribution in [0.2, 0.25) is 0 Å². The van der Waals surface area contributed by atoms with Gasteiger partial charge in [0, 0.05) is 13.0 Å². The van der Waals surface area contributed by atoms with Crippen molar-refractivity contribution < 1.29 is 14.6 Å². The Balaban J connectivity index is 2.50. The number of aliphatic hydroxyl groups excluding tert-OH is 1.